The second-order valence-electron chi connectivity index (χ2n) is 3.39. The summed E-state index contributed by atoms with van der Waals surface area (Å²) < 4.78 is 5.49. The van der Waals surface area contributed by atoms with Gasteiger partial charge in [-0.25, -0.2) is 0 Å². The maximum absolute atomic E-state index is 5.98. The maximum Gasteiger partial charge on any atom is 0.0744 e. The summed E-state index contributed by atoms with van der Waals surface area (Å²) >= 11 is 5.89. The van der Waals surface area contributed by atoms with Gasteiger partial charge in [0.25, 0.3) is 0 Å². The Bertz CT molecular complexity index is 330. The molecule has 2 atom stereocenters. The molecule has 0 fully saturated rings. The third kappa shape index (κ3) is 2.04. The lowest BCUT2D eigenvalue weighted by atomic mass is 9.95. The van der Waals surface area contributed by atoms with E-state index in [-0.39, 0.29) is 24.6 Å². The van der Waals surface area contributed by atoms with Gasteiger partial charge < -0.3 is 10.5 Å². The zero-order valence-electron chi connectivity index (χ0n) is 7.87. The highest BCUT2D eigenvalue weighted by molar-refractivity contribution is 6.30. The molecule has 14 heavy (non-hydrogen) atoms. The van der Waals surface area contributed by atoms with Gasteiger partial charge in [0.2, 0.25) is 0 Å². The summed E-state index contributed by atoms with van der Waals surface area (Å²) in [4.78, 5) is 0. The van der Waals surface area contributed by atoms with E-state index in [0.717, 1.165) is 16.1 Å². The highest BCUT2D eigenvalue weighted by Crippen LogP contribution is 2.29. The second kappa shape index (κ2) is 4.49. The molecule has 1 heterocycles. The van der Waals surface area contributed by atoms with E-state index in [9.17, 15) is 0 Å². The fourth-order valence-corrected chi connectivity index (χ4v) is 1.77. The number of hydrogen-bond donors (Lipinski definition) is 1. The van der Waals surface area contributed by atoms with Gasteiger partial charge in [-0.2, -0.15) is 0 Å². The Morgan fingerprint density at radius 3 is 2.93 bits per heavy atom. The Hall–Kier alpha value is -0.280. The first-order chi connectivity index (χ1) is 6.18. The van der Waals surface area contributed by atoms with Crippen LogP contribution >= 0.6 is 24.0 Å². The fourth-order valence-electron chi connectivity index (χ4n) is 1.59. The summed E-state index contributed by atoms with van der Waals surface area (Å²) in [5.74, 6) is 0. The van der Waals surface area contributed by atoms with Crippen molar-refractivity contribution < 1.29 is 4.74 Å². The molecule has 0 amide bonds. The molecular weight excluding hydrogens is 221 g/mol. The molecule has 1 aromatic rings. The van der Waals surface area contributed by atoms with Crippen molar-refractivity contribution in [1.29, 1.82) is 0 Å². The average molecular weight is 234 g/mol. The van der Waals surface area contributed by atoms with Crippen LogP contribution in [-0.4, -0.2) is 6.10 Å². The third-order valence-electron chi connectivity index (χ3n) is 2.47. The van der Waals surface area contributed by atoms with Gasteiger partial charge in [-0.3, -0.25) is 0 Å². The first-order valence-electron chi connectivity index (χ1n) is 4.34. The van der Waals surface area contributed by atoms with E-state index in [2.05, 4.69) is 0 Å². The van der Waals surface area contributed by atoms with Crippen molar-refractivity contribution >= 4 is 24.0 Å². The van der Waals surface area contributed by atoms with Crippen molar-refractivity contribution in [2.24, 2.45) is 5.73 Å². The average Bonchev–Trinajstić information content (AvgIpc) is 2.12. The Morgan fingerprint density at radius 1 is 1.50 bits per heavy atom. The van der Waals surface area contributed by atoms with Gasteiger partial charge in [0.1, 0.15) is 0 Å². The van der Waals surface area contributed by atoms with Crippen LogP contribution in [0.1, 0.15) is 24.1 Å². The quantitative estimate of drug-likeness (QED) is 0.748. The SMILES string of the molecule is C[C@@H]1OCc2ccc(Cl)cc2[C@@H]1N.Cl. The van der Waals surface area contributed by atoms with Gasteiger partial charge in [0.05, 0.1) is 18.8 Å². The minimum absolute atomic E-state index is 0. The molecule has 0 bridgehead atoms. The van der Waals surface area contributed by atoms with Gasteiger partial charge in [0, 0.05) is 5.02 Å². The van der Waals surface area contributed by atoms with Crippen LogP contribution < -0.4 is 5.73 Å². The summed E-state index contributed by atoms with van der Waals surface area (Å²) in [5.41, 5.74) is 8.24. The molecule has 2 nitrogen and oxygen atoms in total. The summed E-state index contributed by atoms with van der Waals surface area (Å²) in [6.07, 6.45) is 0.0750. The zero-order chi connectivity index (χ0) is 9.42. The lowest BCUT2D eigenvalue weighted by Gasteiger charge is -2.28. The Kier molecular flexibility index (Phi) is 3.78. The van der Waals surface area contributed by atoms with Crippen molar-refractivity contribution in [3.8, 4) is 0 Å². The molecule has 1 aromatic carbocycles. The molecule has 2 rings (SSSR count). The topological polar surface area (TPSA) is 35.2 Å². The first kappa shape index (κ1) is 11.8. The lowest BCUT2D eigenvalue weighted by Crippen LogP contribution is -2.31. The number of fused-ring (bicyclic) bond motifs is 1. The molecule has 0 spiro atoms. The van der Waals surface area contributed by atoms with Crippen LogP contribution in [0.25, 0.3) is 0 Å². The molecule has 0 saturated heterocycles. The standard InChI is InChI=1S/C10H12ClNO.ClH/c1-6-10(12)9-4-8(11)3-2-7(9)5-13-6;/h2-4,6,10H,5,12H2,1H3;1H/t6-,10+;/m0./s1. The van der Waals surface area contributed by atoms with E-state index >= 15 is 0 Å². The molecule has 0 aliphatic carbocycles. The predicted molar refractivity (Wildman–Crippen MR) is 59.9 cm³/mol. The number of ether oxygens (including phenoxy) is 1. The summed E-state index contributed by atoms with van der Waals surface area (Å²) in [7, 11) is 0. The van der Waals surface area contributed by atoms with Crippen molar-refractivity contribution in [3.05, 3.63) is 34.3 Å². The van der Waals surface area contributed by atoms with Crippen molar-refractivity contribution in [2.75, 3.05) is 0 Å². The first-order valence-corrected chi connectivity index (χ1v) is 4.72. The van der Waals surface area contributed by atoms with Crippen molar-refractivity contribution in [3.63, 3.8) is 0 Å². The largest absolute Gasteiger partial charge is 0.372 e. The normalized spacial score (nSPS) is 25.1. The van der Waals surface area contributed by atoms with E-state index in [1.54, 1.807) is 0 Å². The Labute approximate surface area is 94.8 Å². The van der Waals surface area contributed by atoms with Gasteiger partial charge in [-0.15, -0.1) is 12.4 Å². The molecule has 78 valence electrons. The van der Waals surface area contributed by atoms with E-state index in [1.807, 2.05) is 25.1 Å². The number of halogens is 2. The predicted octanol–water partition coefficient (Wildman–Crippen LogP) is 2.68. The second-order valence-corrected chi connectivity index (χ2v) is 3.82. The van der Waals surface area contributed by atoms with Crippen LogP contribution in [0.3, 0.4) is 0 Å². The molecule has 1 aliphatic heterocycles. The van der Waals surface area contributed by atoms with Crippen LogP contribution in [0, 0.1) is 0 Å². The molecule has 1 aliphatic rings. The summed E-state index contributed by atoms with van der Waals surface area (Å²) in [6, 6.07) is 5.72. The molecule has 0 unspecified atom stereocenters. The summed E-state index contributed by atoms with van der Waals surface area (Å²) in [6.45, 7) is 2.62. The number of hydrogen-bond acceptors (Lipinski definition) is 2. The monoisotopic (exact) mass is 233 g/mol. The smallest absolute Gasteiger partial charge is 0.0744 e. The molecule has 4 heteroatoms. The van der Waals surface area contributed by atoms with Crippen LogP contribution in [-0.2, 0) is 11.3 Å². The van der Waals surface area contributed by atoms with Gasteiger partial charge in [-0.1, -0.05) is 17.7 Å². The fraction of sp³-hybridized carbons (Fsp3) is 0.400. The van der Waals surface area contributed by atoms with Crippen molar-refractivity contribution in [1.82, 2.24) is 0 Å². The van der Waals surface area contributed by atoms with E-state index in [1.165, 1.54) is 0 Å². The third-order valence-corrected chi connectivity index (χ3v) is 2.71. The van der Waals surface area contributed by atoms with E-state index < -0.39 is 0 Å². The van der Waals surface area contributed by atoms with Gasteiger partial charge in [-0.05, 0) is 30.2 Å². The molecule has 2 N–H and O–H groups in total. The highest BCUT2D eigenvalue weighted by Gasteiger charge is 2.23. The summed E-state index contributed by atoms with van der Waals surface area (Å²) in [5, 5.41) is 0.739. The van der Waals surface area contributed by atoms with Gasteiger partial charge in [0.15, 0.2) is 0 Å². The molecular formula is C10H13Cl2NO. The van der Waals surface area contributed by atoms with Crippen LogP contribution in [0.4, 0.5) is 0 Å². The molecule has 0 saturated carbocycles. The Morgan fingerprint density at radius 2 is 2.21 bits per heavy atom. The van der Waals surface area contributed by atoms with Crippen LogP contribution in [0.2, 0.25) is 5.02 Å². The number of benzene rings is 1. The van der Waals surface area contributed by atoms with Crippen molar-refractivity contribution in [2.45, 2.75) is 25.7 Å². The maximum atomic E-state index is 5.98. The minimum atomic E-state index is -0.0533. The zero-order valence-corrected chi connectivity index (χ0v) is 9.44. The highest BCUT2D eigenvalue weighted by atomic mass is 35.5. The molecule has 0 radical (unpaired) electrons. The van der Waals surface area contributed by atoms with Crippen LogP contribution in [0.5, 0.6) is 0 Å². The molecule has 0 aromatic heterocycles. The van der Waals surface area contributed by atoms with E-state index in [4.69, 9.17) is 22.1 Å². The van der Waals surface area contributed by atoms with Crippen LogP contribution in [0.15, 0.2) is 18.2 Å². The minimum Gasteiger partial charge on any atom is -0.372 e. The number of nitrogens with two attached hydrogens (primary N) is 1. The Balaban J connectivity index is 0.000000980. The lowest BCUT2D eigenvalue weighted by molar-refractivity contribution is 0.0214. The van der Waals surface area contributed by atoms with E-state index in [0.29, 0.717) is 6.61 Å². The number of rotatable bonds is 0. The van der Waals surface area contributed by atoms with Gasteiger partial charge >= 0.3 is 0 Å².